The molecule has 0 spiro atoms. The van der Waals surface area contributed by atoms with E-state index in [2.05, 4.69) is 5.32 Å². The van der Waals surface area contributed by atoms with E-state index in [1.807, 2.05) is 31.2 Å². The Morgan fingerprint density at radius 1 is 1.35 bits per heavy atom. The molecule has 1 aliphatic carbocycles. The first-order valence-corrected chi connectivity index (χ1v) is 6.47. The van der Waals surface area contributed by atoms with Crippen molar-refractivity contribution in [1.82, 2.24) is 0 Å². The topological polar surface area (TPSA) is 41.5 Å². The van der Waals surface area contributed by atoms with Crippen molar-refractivity contribution in [3.63, 3.8) is 0 Å². The quantitative estimate of drug-likeness (QED) is 0.843. The molecule has 0 bridgehead atoms. The van der Waals surface area contributed by atoms with Gasteiger partial charge in [-0.1, -0.05) is 18.9 Å². The van der Waals surface area contributed by atoms with E-state index in [0.717, 1.165) is 30.7 Å². The molecule has 2 N–H and O–H groups in total. The van der Waals surface area contributed by atoms with Crippen LogP contribution in [0.5, 0.6) is 5.75 Å². The number of hydrogen-bond donors (Lipinski definition) is 2. The SMILES string of the molecule is CCOc1cccc(NC2CCCCC2O)c1. The Morgan fingerprint density at radius 2 is 2.18 bits per heavy atom. The number of benzene rings is 1. The van der Waals surface area contributed by atoms with Gasteiger partial charge in [0.1, 0.15) is 5.75 Å². The zero-order valence-electron chi connectivity index (χ0n) is 10.4. The highest BCUT2D eigenvalue weighted by molar-refractivity contribution is 5.49. The van der Waals surface area contributed by atoms with Gasteiger partial charge in [0, 0.05) is 11.8 Å². The van der Waals surface area contributed by atoms with Gasteiger partial charge in [0.25, 0.3) is 0 Å². The van der Waals surface area contributed by atoms with Crippen molar-refractivity contribution in [3.05, 3.63) is 24.3 Å². The van der Waals surface area contributed by atoms with Crippen LogP contribution in [-0.4, -0.2) is 23.9 Å². The summed E-state index contributed by atoms with van der Waals surface area (Å²) in [6.07, 6.45) is 4.06. The molecule has 1 saturated carbocycles. The predicted molar refractivity (Wildman–Crippen MR) is 69.5 cm³/mol. The number of aliphatic hydroxyl groups is 1. The lowest BCUT2D eigenvalue weighted by atomic mass is 9.92. The number of ether oxygens (including phenoxy) is 1. The van der Waals surface area contributed by atoms with Crippen molar-refractivity contribution in [2.75, 3.05) is 11.9 Å². The maximum atomic E-state index is 9.91. The average molecular weight is 235 g/mol. The van der Waals surface area contributed by atoms with E-state index in [9.17, 15) is 5.11 Å². The van der Waals surface area contributed by atoms with Crippen molar-refractivity contribution in [1.29, 1.82) is 0 Å². The van der Waals surface area contributed by atoms with Crippen molar-refractivity contribution in [2.45, 2.75) is 44.8 Å². The molecule has 94 valence electrons. The molecule has 2 unspecified atom stereocenters. The molecule has 2 atom stereocenters. The largest absolute Gasteiger partial charge is 0.494 e. The van der Waals surface area contributed by atoms with Crippen LogP contribution in [0.4, 0.5) is 5.69 Å². The molecule has 1 fully saturated rings. The molecule has 1 aliphatic rings. The van der Waals surface area contributed by atoms with Gasteiger partial charge in [-0.2, -0.15) is 0 Å². The summed E-state index contributed by atoms with van der Waals surface area (Å²) in [4.78, 5) is 0. The van der Waals surface area contributed by atoms with E-state index in [0.29, 0.717) is 6.61 Å². The first-order valence-electron chi connectivity index (χ1n) is 6.47. The first kappa shape index (κ1) is 12.2. The summed E-state index contributed by atoms with van der Waals surface area (Å²) in [7, 11) is 0. The van der Waals surface area contributed by atoms with Crippen LogP contribution in [0.3, 0.4) is 0 Å². The number of anilines is 1. The van der Waals surface area contributed by atoms with Gasteiger partial charge in [0.05, 0.1) is 18.8 Å². The summed E-state index contributed by atoms with van der Waals surface area (Å²) in [6, 6.07) is 8.11. The summed E-state index contributed by atoms with van der Waals surface area (Å²) >= 11 is 0. The maximum Gasteiger partial charge on any atom is 0.121 e. The molecule has 0 aliphatic heterocycles. The van der Waals surface area contributed by atoms with Crippen molar-refractivity contribution >= 4 is 5.69 Å². The molecular weight excluding hydrogens is 214 g/mol. The van der Waals surface area contributed by atoms with Crippen LogP contribution in [-0.2, 0) is 0 Å². The van der Waals surface area contributed by atoms with Gasteiger partial charge >= 0.3 is 0 Å². The number of hydrogen-bond acceptors (Lipinski definition) is 3. The van der Waals surface area contributed by atoms with Crippen molar-refractivity contribution in [2.24, 2.45) is 0 Å². The maximum absolute atomic E-state index is 9.91. The normalized spacial score (nSPS) is 24.4. The fraction of sp³-hybridized carbons (Fsp3) is 0.571. The first-order chi connectivity index (χ1) is 8.29. The lowest BCUT2D eigenvalue weighted by molar-refractivity contribution is 0.116. The standard InChI is InChI=1S/C14H21NO2/c1-2-17-12-7-5-6-11(10-12)15-13-8-3-4-9-14(13)16/h5-7,10,13-16H,2-4,8-9H2,1H3. The molecule has 0 aromatic heterocycles. The Morgan fingerprint density at radius 3 is 2.94 bits per heavy atom. The van der Waals surface area contributed by atoms with Crippen molar-refractivity contribution < 1.29 is 9.84 Å². The molecule has 2 rings (SSSR count). The Kier molecular flexibility index (Phi) is 4.26. The smallest absolute Gasteiger partial charge is 0.121 e. The van der Waals surface area contributed by atoms with E-state index in [1.54, 1.807) is 0 Å². The molecule has 0 amide bonds. The van der Waals surface area contributed by atoms with Crippen LogP contribution in [0, 0.1) is 0 Å². The molecule has 1 aromatic carbocycles. The molecule has 1 aromatic rings. The second-order valence-electron chi connectivity index (χ2n) is 4.56. The molecular formula is C14H21NO2. The minimum Gasteiger partial charge on any atom is -0.494 e. The fourth-order valence-corrected chi connectivity index (χ4v) is 2.34. The Labute approximate surface area is 103 Å². The van der Waals surface area contributed by atoms with E-state index < -0.39 is 0 Å². The molecule has 0 radical (unpaired) electrons. The van der Waals surface area contributed by atoms with E-state index >= 15 is 0 Å². The highest BCUT2D eigenvalue weighted by atomic mass is 16.5. The third kappa shape index (κ3) is 3.37. The predicted octanol–water partition coefficient (Wildman–Crippen LogP) is 2.80. The van der Waals surface area contributed by atoms with Gasteiger partial charge in [-0.15, -0.1) is 0 Å². The van der Waals surface area contributed by atoms with E-state index in [4.69, 9.17) is 4.74 Å². The zero-order chi connectivity index (χ0) is 12.1. The summed E-state index contributed by atoms with van der Waals surface area (Å²) < 4.78 is 5.46. The second-order valence-corrected chi connectivity index (χ2v) is 4.56. The van der Waals surface area contributed by atoms with Crippen LogP contribution in [0.1, 0.15) is 32.6 Å². The lowest BCUT2D eigenvalue weighted by Gasteiger charge is -2.29. The van der Waals surface area contributed by atoms with E-state index in [1.165, 1.54) is 6.42 Å². The second kappa shape index (κ2) is 5.92. The van der Waals surface area contributed by atoms with Gasteiger partial charge in [0.15, 0.2) is 0 Å². The molecule has 3 nitrogen and oxygen atoms in total. The van der Waals surface area contributed by atoms with Crippen LogP contribution < -0.4 is 10.1 Å². The summed E-state index contributed by atoms with van der Waals surface area (Å²) in [5.74, 6) is 0.878. The molecule has 0 saturated heterocycles. The van der Waals surface area contributed by atoms with Crippen molar-refractivity contribution in [3.8, 4) is 5.75 Å². The molecule has 17 heavy (non-hydrogen) atoms. The number of aliphatic hydroxyl groups excluding tert-OH is 1. The third-order valence-electron chi connectivity index (χ3n) is 3.23. The minimum absolute atomic E-state index is 0.181. The van der Waals surface area contributed by atoms with Crippen LogP contribution in [0.2, 0.25) is 0 Å². The number of nitrogens with one attached hydrogen (secondary N) is 1. The Bertz CT molecular complexity index is 354. The zero-order valence-corrected chi connectivity index (χ0v) is 10.4. The molecule has 0 heterocycles. The summed E-state index contributed by atoms with van der Waals surface area (Å²) in [6.45, 7) is 2.65. The lowest BCUT2D eigenvalue weighted by Crippen LogP contribution is -2.36. The molecule has 3 heteroatoms. The van der Waals surface area contributed by atoms with Gasteiger partial charge < -0.3 is 15.2 Å². The fourth-order valence-electron chi connectivity index (χ4n) is 2.34. The van der Waals surface area contributed by atoms with E-state index in [-0.39, 0.29) is 12.1 Å². The van der Waals surface area contributed by atoms with Crippen LogP contribution >= 0.6 is 0 Å². The highest BCUT2D eigenvalue weighted by Crippen LogP contribution is 2.24. The van der Waals surface area contributed by atoms with Gasteiger partial charge in [0.2, 0.25) is 0 Å². The Hall–Kier alpha value is -1.22. The summed E-state index contributed by atoms with van der Waals surface area (Å²) in [5, 5.41) is 13.3. The number of rotatable bonds is 4. The monoisotopic (exact) mass is 235 g/mol. The highest BCUT2D eigenvalue weighted by Gasteiger charge is 2.22. The van der Waals surface area contributed by atoms with Crippen LogP contribution in [0.15, 0.2) is 24.3 Å². The van der Waals surface area contributed by atoms with Gasteiger partial charge in [-0.25, -0.2) is 0 Å². The van der Waals surface area contributed by atoms with Crippen LogP contribution in [0.25, 0.3) is 0 Å². The van der Waals surface area contributed by atoms with Gasteiger partial charge in [-0.3, -0.25) is 0 Å². The third-order valence-corrected chi connectivity index (χ3v) is 3.23. The van der Waals surface area contributed by atoms with Gasteiger partial charge in [-0.05, 0) is 31.9 Å². The minimum atomic E-state index is -0.223. The summed E-state index contributed by atoms with van der Waals surface area (Å²) in [5.41, 5.74) is 1.03. The average Bonchev–Trinajstić information content (AvgIpc) is 2.33. The Balaban J connectivity index is 1.99.